The number of nitrogens with zero attached hydrogens (tertiary/aromatic N) is 3. The van der Waals surface area contributed by atoms with Crippen LogP contribution in [-0.2, 0) is 0 Å². The number of para-hydroxylation sites is 1. The van der Waals surface area contributed by atoms with Gasteiger partial charge in [-0.3, -0.25) is 0 Å². The molecule has 0 fully saturated rings. The SMILES string of the molecule is Cc1ccc2c(N(C)CCC(O)c3ccccc3)nc(-c3ccccc3O)nc2c1. The first-order valence-corrected chi connectivity index (χ1v) is 10.0. The van der Waals surface area contributed by atoms with E-state index < -0.39 is 6.10 Å². The van der Waals surface area contributed by atoms with E-state index in [1.54, 1.807) is 12.1 Å². The van der Waals surface area contributed by atoms with Crippen molar-refractivity contribution < 1.29 is 10.2 Å². The highest BCUT2D eigenvalue weighted by molar-refractivity contribution is 5.91. The van der Waals surface area contributed by atoms with Gasteiger partial charge in [0, 0.05) is 19.0 Å². The molecule has 0 saturated carbocycles. The molecule has 1 heterocycles. The fourth-order valence-corrected chi connectivity index (χ4v) is 3.56. The van der Waals surface area contributed by atoms with Crippen LogP contribution in [0.25, 0.3) is 22.3 Å². The van der Waals surface area contributed by atoms with E-state index in [9.17, 15) is 10.2 Å². The van der Waals surface area contributed by atoms with Crippen LogP contribution in [0.1, 0.15) is 23.7 Å². The van der Waals surface area contributed by atoms with Gasteiger partial charge < -0.3 is 15.1 Å². The van der Waals surface area contributed by atoms with Crippen LogP contribution in [-0.4, -0.2) is 33.8 Å². The zero-order valence-corrected chi connectivity index (χ0v) is 17.2. The van der Waals surface area contributed by atoms with Crippen LogP contribution in [0.15, 0.2) is 72.8 Å². The van der Waals surface area contributed by atoms with Gasteiger partial charge in [-0.25, -0.2) is 9.97 Å². The molecule has 0 amide bonds. The van der Waals surface area contributed by atoms with Crippen molar-refractivity contribution >= 4 is 16.7 Å². The molecule has 4 rings (SSSR count). The molecular weight excluding hydrogens is 374 g/mol. The minimum atomic E-state index is -0.540. The van der Waals surface area contributed by atoms with E-state index in [4.69, 9.17) is 9.97 Å². The quantitative estimate of drug-likeness (QED) is 0.484. The van der Waals surface area contributed by atoms with E-state index in [0.717, 1.165) is 27.8 Å². The lowest BCUT2D eigenvalue weighted by molar-refractivity contribution is 0.170. The third kappa shape index (κ3) is 4.11. The van der Waals surface area contributed by atoms with Crippen LogP contribution in [0.2, 0.25) is 0 Å². The Labute approximate surface area is 176 Å². The number of aliphatic hydroxyl groups excluding tert-OH is 1. The molecule has 1 atom stereocenters. The number of benzene rings is 3. The number of rotatable bonds is 6. The first kappa shape index (κ1) is 19.9. The molecule has 1 aromatic heterocycles. The van der Waals surface area contributed by atoms with Crippen molar-refractivity contribution in [1.82, 2.24) is 9.97 Å². The van der Waals surface area contributed by atoms with E-state index in [-0.39, 0.29) is 5.75 Å². The summed E-state index contributed by atoms with van der Waals surface area (Å²) in [7, 11) is 1.97. The van der Waals surface area contributed by atoms with Gasteiger partial charge in [-0.05, 0) is 48.7 Å². The Bertz CT molecular complexity index is 1160. The van der Waals surface area contributed by atoms with Gasteiger partial charge in [0.2, 0.25) is 0 Å². The predicted molar refractivity (Wildman–Crippen MR) is 121 cm³/mol. The van der Waals surface area contributed by atoms with E-state index in [1.165, 1.54) is 0 Å². The van der Waals surface area contributed by atoms with E-state index >= 15 is 0 Å². The van der Waals surface area contributed by atoms with Gasteiger partial charge >= 0.3 is 0 Å². The molecule has 5 nitrogen and oxygen atoms in total. The average molecular weight is 399 g/mol. The van der Waals surface area contributed by atoms with Gasteiger partial charge in [-0.15, -0.1) is 0 Å². The summed E-state index contributed by atoms with van der Waals surface area (Å²) in [6, 6.07) is 22.9. The fourth-order valence-electron chi connectivity index (χ4n) is 3.56. The number of aromatic nitrogens is 2. The number of fused-ring (bicyclic) bond motifs is 1. The summed E-state index contributed by atoms with van der Waals surface area (Å²) in [4.78, 5) is 11.5. The molecule has 0 saturated heterocycles. The molecule has 2 N–H and O–H groups in total. The summed E-state index contributed by atoms with van der Waals surface area (Å²) >= 11 is 0. The number of hydrogen-bond acceptors (Lipinski definition) is 5. The van der Waals surface area contributed by atoms with Gasteiger partial charge in [0.15, 0.2) is 5.82 Å². The van der Waals surface area contributed by atoms with Crippen molar-refractivity contribution in [3.05, 3.63) is 83.9 Å². The second-order valence-electron chi connectivity index (χ2n) is 7.55. The molecular formula is C25H25N3O2. The maximum atomic E-state index is 10.5. The van der Waals surface area contributed by atoms with Crippen molar-refractivity contribution in [2.45, 2.75) is 19.4 Å². The van der Waals surface area contributed by atoms with Crippen LogP contribution < -0.4 is 4.90 Å². The Morgan fingerprint density at radius 2 is 1.67 bits per heavy atom. The number of aryl methyl sites for hydroxylation is 1. The van der Waals surface area contributed by atoms with E-state index in [1.807, 2.05) is 79.5 Å². The average Bonchev–Trinajstić information content (AvgIpc) is 2.77. The summed E-state index contributed by atoms with van der Waals surface area (Å²) in [5.41, 5.74) is 3.44. The van der Waals surface area contributed by atoms with Crippen LogP contribution in [0.3, 0.4) is 0 Å². The first-order valence-electron chi connectivity index (χ1n) is 10.0. The highest BCUT2D eigenvalue weighted by Gasteiger charge is 2.16. The standard InChI is InChI=1S/C25H25N3O2/c1-17-12-13-19-21(16-17)26-24(20-10-6-7-11-23(20)30)27-25(19)28(2)15-14-22(29)18-8-4-3-5-9-18/h3-13,16,22,29-30H,14-15H2,1-2H3. The molecule has 30 heavy (non-hydrogen) atoms. The largest absolute Gasteiger partial charge is 0.507 e. The molecule has 0 aliphatic rings. The lowest BCUT2D eigenvalue weighted by Crippen LogP contribution is -2.22. The van der Waals surface area contributed by atoms with Gasteiger partial charge in [-0.2, -0.15) is 0 Å². The monoisotopic (exact) mass is 399 g/mol. The number of phenols is 1. The molecule has 152 valence electrons. The number of anilines is 1. The molecule has 4 aromatic rings. The topological polar surface area (TPSA) is 69.5 Å². The van der Waals surface area contributed by atoms with Crippen molar-refractivity contribution in [2.24, 2.45) is 0 Å². The van der Waals surface area contributed by atoms with E-state index in [0.29, 0.717) is 24.4 Å². The zero-order chi connectivity index (χ0) is 21.1. The molecule has 0 bridgehead atoms. The highest BCUT2D eigenvalue weighted by Crippen LogP contribution is 2.32. The van der Waals surface area contributed by atoms with Crippen LogP contribution in [0, 0.1) is 6.92 Å². The third-order valence-corrected chi connectivity index (χ3v) is 5.26. The van der Waals surface area contributed by atoms with Crippen molar-refractivity contribution in [3.8, 4) is 17.1 Å². The van der Waals surface area contributed by atoms with Gasteiger partial charge in [0.25, 0.3) is 0 Å². The van der Waals surface area contributed by atoms with Gasteiger partial charge in [0.1, 0.15) is 11.6 Å². The van der Waals surface area contributed by atoms with Gasteiger partial charge in [0.05, 0.1) is 17.2 Å². The Morgan fingerprint density at radius 3 is 2.43 bits per heavy atom. The van der Waals surface area contributed by atoms with Gasteiger partial charge in [-0.1, -0.05) is 48.5 Å². The minimum absolute atomic E-state index is 0.151. The summed E-state index contributed by atoms with van der Waals surface area (Å²) in [6.07, 6.45) is 0.0331. The summed E-state index contributed by atoms with van der Waals surface area (Å²) in [6.45, 7) is 2.65. The van der Waals surface area contributed by atoms with Crippen molar-refractivity contribution in [2.75, 3.05) is 18.5 Å². The van der Waals surface area contributed by atoms with Crippen molar-refractivity contribution in [1.29, 1.82) is 0 Å². The summed E-state index contributed by atoms with van der Waals surface area (Å²) in [5, 5.41) is 21.8. The molecule has 0 spiro atoms. The Kier molecular flexibility index (Phi) is 5.63. The summed E-state index contributed by atoms with van der Waals surface area (Å²) in [5.74, 6) is 1.41. The zero-order valence-electron chi connectivity index (χ0n) is 17.2. The Hall–Kier alpha value is -3.44. The smallest absolute Gasteiger partial charge is 0.165 e. The van der Waals surface area contributed by atoms with Crippen LogP contribution in [0.4, 0.5) is 5.82 Å². The third-order valence-electron chi connectivity index (χ3n) is 5.26. The fraction of sp³-hybridized carbons (Fsp3) is 0.200. The normalized spacial score (nSPS) is 12.1. The predicted octanol–water partition coefficient (Wildman–Crippen LogP) is 4.87. The van der Waals surface area contributed by atoms with Crippen LogP contribution in [0.5, 0.6) is 5.75 Å². The molecule has 5 heteroatoms. The summed E-state index contributed by atoms with van der Waals surface area (Å²) < 4.78 is 0. The first-order chi connectivity index (χ1) is 14.5. The molecule has 0 aliphatic heterocycles. The van der Waals surface area contributed by atoms with Crippen LogP contribution >= 0.6 is 0 Å². The lowest BCUT2D eigenvalue weighted by atomic mass is 10.1. The minimum Gasteiger partial charge on any atom is -0.507 e. The second-order valence-corrected chi connectivity index (χ2v) is 7.55. The number of aliphatic hydroxyl groups is 1. The lowest BCUT2D eigenvalue weighted by Gasteiger charge is -2.22. The molecule has 3 aromatic carbocycles. The number of aromatic hydroxyl groups is 1. The second kappa shape index (κ2) is 8.51. The number of hydrogen-bond donors (Lipinski definition) is 2. The Morgan fingerprint density at radius 1 is 0.933 bits per heavy atom. The van der Waals surface area contributed by atoms with Crippen molar-refractivity contribution in [3.63, 3.8) is 0 Å². The maximum absolute atomic E-state index is 10.5. The van der Waals surface area contributed by atoms with E-state index in [2.05, 4.69) is 0 Å². The maximum Gasteiger partial charge on any atom is 0.165 e. The molecule has 0 radical (unpaired) electrons. The molecule has 1 unspecified atom stereocenters. The highest BCUT2D eigenvalue weighted by atomic mass is 16.3. The molecule has 0 aliphatic carbocycles. The number of phenolic OH excluding ortho intramolecular Hbond substituents is 1. The Balaban J connectivity index is 1.69.